The number of rotatable bonds is 2. The smallest absolute Gasteiger partial charge is 0.180 e. The number of carbonyl (C=O) groups excluding carboxylic acids is 1. The van der Waals surface area contributed by atoms with Crippen molar-refractivity contribution in [3.63, 3.8) is 0 Å². The minimum atomic E-state index is -1.32. The van der Waals surface area contributed by atoms with Crippen molar-refractivity contribution in [2.45, 2.75) is 0 Å². The Hall–Kier alpha value is -1.47. The van der Waals surface area contributed by atoms with Crippen LogP contribution in [-0.4, -0.2) is 11.7 Å². The number of benzene rings is 1. The minimum absolute atomic E-state index is 0.428. The number of ketones is 1. The maximum Gasteiger partial charge on any atom is 0.180 e. The molecule has 0 aliphatic carbocycles. The number of alkyl halides is 1. The van der Waals surface area contributed by atoms with Crippen molar-refractivity contribution < 1.29 is 13.6 Å². The summed E-state index contributed by atoms with van der Waals surface area (Å²) in [4.78, 5) is 11.0. The lowest BCUT2D eigenvalue weighted by molar-refractivity contribution is 0.101. The summed E-state index contributed by atoms with van der Waals surface area (Å²) in [5, 5.41) is 8.36. The van der Waals surface area contributed by atoms with Crippen LogP contribution in [0.4, 0.5) is 8.78 Å². The molecule has 14 heavy (non-hydrogen) atoms. The molecule has 1 rings (SSSR count). The van der Waals surface area contributed by atoms with Gasteiger partial charge in [0.2, 0.25) is 0 Å². The molecule has 0 spiro atoms. The summed E-state index contributed by atoms with van der Waals surface area (Å²) in [5.74, 6) is -3.78. The summed E-state index contributed by atoms with van der Waals surface area (Å²) in [6, 6.07) is 3.54. The molecule has 0 aliphatic rings. The second kappa shape index (κ2) is 4.16. The van der Waals surface area contributed by atoms with Crippen LogP contribution in [0.3, 0.4) is 0 Å². The lowest BCUT2D eigenvalue weighted by Crippen LogP contribution is -2.06. The van der Waals surface area contributed by atoms with Crippen molar-refractivity contribution in [2.24, 2.45) is 0 Å². The summed E-state index contributed by atoms with van der Waals surface area (Å²) in [6.07, 6.45) is 0. The first kappa shape index (κ1) is 10.6. The van der Waals surface area contributed by atoms with Gasteiger partial charge in [-0.1, -0.05) is 0 Å². The molecule has 0 bridgehead atoms. The van der Waals surface area contributed by atoms with Crippen molar-refractivity contribution in [1.29, 1.82) is 5.26 Å². The number of hydrogen-bond acceptors (Lipinski definition) is 2. The van der Waals surface area contributed by atoms with E-state index in [1.807, 2.05) is 0 Å². The molecule has 1 aromatic rings. The predicted octanol–water partition coefficient (Wildman–Crippen LogP) is 2.26. The van der Waals surface area contributed by atoms with E-state index in [0.29, 0.717) is 0 Å². The van der Waals surface area contributed by atoms with Crippen LogP contribution < -0.4 is 0 Å². The highest BCUT2D eigenvalue weighted by Crippen LogP contribution is 2.16. The Morgan fingerprint density at radius 3 is 2.57 bits per heavy atom. The van der Waals surface area contributed by atoms with Gasteiger partial charge in [0.1, 0.15) is 6.07 Å². The molecule has 0 atom stereocenters. The first-order valence-corrected chi connectivity index (χ1v) is 4.12. The number of carbonyl (C=O) groups is 1. The molecule has 72 valence electrons. The Kier molecular flexibility index (Phi) is 3.15. The maximum absolute atomic E-state index is 13.1. The van der Waals surface area contributed by atoms with Crippen LogP contribution in [0.5, 0.6) is 0 Å². The molecule has 0 radical (unpaired) electrons. The van der Waals surface area contributed by atoms with Crippen LogP contribution in [0.1, 0.15) is 15.9 Å². The molecule has 0 N–H and O–H groups in total. The van der Waals surface area contributed by atoms with Gasteiger partial charge in [-0.3, -0.25) is 4.79 Å². The molecule has 0 unspecified atom stereocenters. The van der Waals surface area contributed by atoms with E-state index in [2.05, 4.69) is 0 Å². The van der Waals surface area contributed by atoms with Crippen molar-refractivity contribution in [3.05, 3.63) is 34.9 Å². The van der Waals surface area contributed by atoms with E-state index in [1.54, 1.807) is 0 Å². The molecule has 0 saturated carbocycles. The molecular formula is C9H4ClF2NO. The fraction of sp³-hybridized carbons (Fsp3) is 0.111. The van der Waals surface area contributed by atoms with E-state index < -0.39 is 34.4 Å². The first-order valence-electron chi connectivity index (χ1n) is 3.59. The Labute approximate surface area is 83.7 Å². The van der Waals surface area contributed by atoms with Crippen molar-refractivity contribution >= 4 is 17.4 Å². The van der Waals surface area contributed by atoms with Crippen molar-refractivity contribution in [1.82, 2.24) is 0 Å². The molecule has 0 amide bonds. The van der Waals surface area contributed by atoms with Crippen LogP contribution in [0.25, 0.3) is 0 Å². The fourth-order valence-electron chi connectivity index (χ4n) is 0.923. The van der Waals surface area contributed by atoms with Gasteiger partial charge in [-0.2, -0.15) is 5.26 Å². The number of Topliss-reactive ketones (excluding diaryl/α,β-unsaturated/α-hetero) is 1. The van der Waals surface area contributed by atoms with E-state index in [-0.39, 0.29) is 0 Å². The SMILES string of the molecule is N#Cc1ccc(C(=O)CCl)c(F)c1F. The van der Waals surface area contributed by atoms with E-state index >= 15 is 0 Å². The lowest BCUT2D eigenvalue weighted by atomic mass is 10.1. The zero-order valence-corrected chi connectivity index (χ0v) is 7.61. The Balaban J connectivity index is 3.33. The summed E-state index contributed by atoms with van der Waals surface area (Å²) in [6.45, 7) is 0. The van der Waals surface area contributed by atoms with Gasteiger partial charge in [-0.25, -0.2) is 8.78 Å². The Morgan fingerprint density at radius 1 is 1.43 bits per heavy atom. The van der Waals surface area contributed by atoms with Crippen LogP contribution in [0.2, 0.25) is 0 Å². The third kappa shape index (κ3) is 1.73. The highest BCUT2D eigenvalue weighted by atomic mass is 35.5. The summed E-state index contributed by atoms with van der Waals surface area (Å²) >= 11 is 5.18. The van der Waals surface area contributed by atoms with Crippen LogP contribution in [0.15, 0.2) is 12.1 Å². The van der Waals surface area contributed by atoms with Gasteiger partial charge >= 0.3 is 0 Å². The molecular weight excluding hydrogens is 212 g/mol. The van der Waals surface area contributed by atoms with Crippen LogP contribution in [0, 0.1) is 23.0 Å². The van der Waals surface area contributed by atoms with Crippen LogP contribution >= 0.6 is 11.6 Å². The average Bonchev–Trinajstić information content (AvgIpc) is 2.21. The third-order valence-corrected chi connectivity index (χ3v) is 1.87. The maximum atomic E-state index is 13.1. The number of nitriles is 1. The molecule has 0 fully saturated rings. The Morgan fingerprint density at radius 2 is 2.07 bits per heavy atom. The molecule has 0 heterocycles. The Bertz CT molecular complexity index is 426. The predicted molar refractivity (Wildman–Crippen MR) is 46.1 cm³/mol. The second-order valence-corrected chi connectivity index (χ2v) is 2.72. The summed E-state index contributed by atoms with van der Waals surface area (Å²) < 4.78 is 26.0. The van der Waals surface area contributed by atoms with Crippen LogP contribution in [-0.2, 0) is 0 Å². The van der Waals surface area contributed by atoms with Gasteiger partial charge in [0.25, 0.3) is 0 Å². The second-order valence-electron chi connectivity index (χ2n) is 2.46. The quantitative estimate of drug-likeness (QED) is 0.561. The van der Waals surface area contributed by atoms with E-state index in [4.69, 9.17) is 16.9 Å². The van der Waals surface area contributed by atoms with Gasteiger partial charge in [0.05, 0.1) is 17.0 Å². The monoisotopic (exact) mass is 215 g/mol. The topological polar surface area (TPSA) is 40.9 Å². The third-order valence-electron chi connectivity index (χ3n) is 1.62. The highest BCUT2D eigenvalue weighted by Gasteiger charge is 2.17. The number of halogens is 3. The number of hydrogen-bond donors (Lipinski definition) is 0. The molecule has 0 aromatic heterocycles. The number of nitrogens with zero attached hydrogens (tertiary/aromatic N) is 1. The molecule has 5 heteroatoms. The van der Waals surface area contributed by atoms with Gasteiger partial charge in [-0.15, -0.1) is 11.6 Å². The zero-order valence-electron chi connectivity index (χ0n) is 6.85. The van der Waals surface area contributed by atoms with E-state index in [9.17, 15) is 13.6 Å². The van der Waals surface area contributed by atoms with Gasteiger partial charge in [0.15, 0.2) is 17.4 Å². The zero-order chi connectivity index (χ0) is 10.7. The van der Waals surface area contributed by atoms with Crippen molar-refractivity contribution in [2.75, 3.05) is 5.88 Å². The largest absolute Gasteiger partial charge is 0.293 e. The lowest BCUT2D eigenvalue weighted by Gasteiger charge is -2.01. The normalized spacial score (nSPS) is 9.57. The fourth-order valence-corrected chi connectivity index (χ4v) is 1.07. The summed E-state index contributed by atoms with van der Waals surface area (Å²) in [7, 11) is 0. The van der Waals surface area contributed by atoms with E-state index in [1.165, 1.54) is 6.07 Å². The highest BCUT2D eigenvalue weighted by molar-refractivity contribution is 6.30. The molecule has 2 nitrogen and oxygen atoms in total. The van der Waals surface area contributed by atoms with Crippen molar-refractivity contribution in [3.8, 4) is 6.07 Å². The average molecular weight is 216 g/mol. The standard InChI is InChI=1S/C9H4ClF2NO/c10-3-7(14)6-2-1-5(4-13)8(11)9(6)12/h1-2H,3H2. The summed E-state index contributed by atoms with van der Waals surface area (Å²) in [5.41, 5.74) is -0.870. The molecule has 1 aromatic carbocycles. The minimum Gasteiger partial charge on any atom is -0.293 e. The van der Waals surface area contributed by atoms with Gasteiger partial charge in [0, 0.05) is 0 Å². The van der Waals surface area contributed by atoms with Gasteiger partial charge in [-0.05, 0) is 12.1 Å². The van der Waals surface area contributed by atoms with Gasteiger partial charge < -0.3 is 0 Å². The molecule has 0 saturated heterocycles. The van der Waals surface area contributed by atoms with E-state index in [0.717, 1.165) is 12.1 Å². The molecule has 0 aliphatic heterocycles. The first-order chi connectivity index (χ1) is 6.61.